The molecule has 0 radical (unpaired) electrons. The van der Waals surface area contributed by atoms with Crippen LogP contribution in [-0.4, -0.2) is 11.5 Å². The Balaban J connectivity index is 2.06. The number of nitrogens with zero attached hydrogens (tertiary/aromatic N) is 1. The molecule has 1 aliphatic carbocycles. The molecule has 2 nitrogen and oxygen atoms in total. The number of pyridine rings is 1. The molecule has 0 bridgehead atoms. The molecule has 100 valence electrons. The summed E-state index contributed by atoms with van der Waals surface area (Å²) in [5.41, 5.74) is -0.480. The van der Waals surface area contributed by atoms with E-state index in [4.69, 9.17) is 0 Å². The third kappa shape index (κ3) is 2.94. The van der Waals surface area contributed by atoms with E-state index in [-0.39, 0.29) is 11.2 Å². The van der Waals surface area contributed by atoms with Crippen LogP contribution >= 0.6 is 0 Å². The van der Waals surface area contributed by atoms with E-state index in [0.717, 1.165) is 31.7 Å². The van der Waals surface area contributed by atoms with Gasteiger partial charge in [-0.05, 0) is 36.8 Å². The first-order valence-electron chi connectivity index (χ1n) is 6.23. The molecule has 18 heavy (non-hydrogen) atoms. The first-order chi connectivity index (χ1) is 8.47. The Bertz CT molecular complexity index is 411. The van der Waals surface area contributed by atoms with Crippen molar-refractivity contribution >= 4 is 5.82 Å². The van der Waals surface area contributed by atoms with Crippen LogP contribution in [0.15, 0.2) is 18.3 Å². The number of aromatic nitrogens is 1. The summed E-state index contributed by atoms with van der Waals surface area (Å²) < 4.78 is 38.3. The second kappa shape index (κ2) is 4.78. The summed E-state index contributed by atoms with van der Waals surface area (Å²) in [4.78, 5) is 3.81. The normalized spacial score (nSPS) is 17.6. The third-order valence-corrected chi connectivity index (χ3v) is 3.48. The molecule has 1 aromatic heterocycles. The maximum atomic E-state index is 12.8. The van der Waals surface area contributed by atoms with E-state index in [2.05, 4.69) is 17.2 Å². The van der Waals surface area contributed by atoms with Crippen molar-refractivity contribution in [3.63, 3.8) is 0 Å². The van der Waals surface area contributed by atoms with Crippen molar-refractivity contribution in [2.45, 2.75) is 38.8 Å². The zero-order chi connectivity index (χ0) is 13.2. The lowest BCUT2D eigenvalue weighted by Crippen LogP contribution is -2.19. The fraction of sp³-hybridized carbons (Fsp3) is 0.615. The van der Waals surface area contributed by atoms with Crippen LogP contribution < -0.4 is 5.32 Å². The van der Waals surface area contributed by atoms with E-state index in [1.54, 1.807) is 0 Å². The Morgan fingerprint density at radius 1 is 1.39 bits per heavy atom. The fourth-order valence-corrected chi connectivity index (χ4v) is 2.27. The van der Waals surface area contributed by atoms with Gasteiger partial charge >= 0.3 is 6.18 Å². The zero-order valence-corrected chi connectivity index (χ0v) is 10.3. The van der Waals surface area contributed by atoms with E-state index in [1.807, 2.05) is 0 Å². The van der Waals surface area contributed by atoms with E-state index in [1.165, 1.54) is 12.3 Å². The molecule has 1 saturated carbocycles. The summed E-state index contributed by atoms with van der Waals surface area (Å²) in [5.74, 6) is -0.0487. The van der Waals surface area contributed by atoms with Gasteiger partial charge in [-0.15, -0.1) is 0 Å². The number of alkyl halides is 3. The smallest absolute Gasteiger partial charge is 0.369 e. The maximum Gasteiger partial charge on any atom is 0.419 e. The van der Waals surface area contributed by atoms with Crippen LogP contribution in [0.1, 0.15) is 38.2 Å². The highest BCUT2D eigenvalue weighted by atomic mass is 19.4. The monoisotopic (exact) mass is 258 g/mol. The van der Waals surface area contributed by atoms with Crippen molar-refractivity contribution in [2.24, 2.45) is 5.41 Å². The number of hydrogen-bond acceptors (Lipinski definition) is 2. The van der Waals surface area contributed by atoms with Crippen LogP contribution in [0.4, 0.5) is 19.0 Å². The van der Waals surface area contributed by atoms with Gasteiger partial charge in [0.05, 0.1) is 5.56 Å². The van der Waals surface area contributed by atoms with Crippen LogP contribution in [0, 0.1) is 5.41 Å². The standard InChI is InChI=1S/C13H17F3N2/c1-2-5-12(6-7-12)9-18-11-10(13(14,15)16)4-3-8-17-11/h3-4,8H,2,5-7,9H2,1H3,(H,17,18). The highest BCUT2D eigenvalue weighted by Gasteiger charge is 2.42. The lowest BCUT2D eigenvalue weighted by molar-refractivity contribution is -0.137. The maximum absolute atomic E-state index is 12.8. The highest BCUT2D eigenvalue weighted by molar-refractivity contribution is 5.45. The number of anilines is 1. The van der Waals surface area contributed by atoms with Gasteiger partial charge in [-0.1, -0.05) is 13.3 Å². The molecule has 1 N–H and O–H groups in total. The predicted octanol–water partition coefficient (Wildman–Crippen LogP) is 4.09. The molecule has 0 atom stereocenters. The summed E-state index contributed by atoms with van der Waals surface area (Å²) in [6.45, 7) is 2.68. The minimum atomic E-state index is -4.35. The van der Waals surface area contributed by atoms with Crippen LogP contribution in [0.5, 0.6) is 0 Å². The number of rotatable bonds is 5. The lowest BCUT2D eigenvalue weighted by Gasteiger charge is -2.18. The van der Waals surface area contributed by atoms with Crippen molar-refractivity contribution in [2.75, 3.05) is 11.9 Å². The van der Waals surface area contributed by atoms with Crippen LogP contribution in [0.3, 0.4) is 0 Å². The summed E-state index contributed by atoms with van der Waals surface area (Å²) >= 11 is 0. The highest BCUT2D eigenvalue weighted by Crippen LogP contribution is 2.49. The summed E-state index contributed by atoms with van der Waals surface area (Å²) in [5, 5.41) is 2.88. The molecule has 0 spiro atoms. The van der Waals surface area contributed by atoms with Crippen molar-refractivity contribution < 1.29 is 13.2 Å². The lowest BCUT2D eigenvalue weighted by atomic mass is 10.0. The molecule has 0 amide bonds. The Morgan fingerprint density at radius 3 is 2.67 bits per heavy atom. The zero-order valence-electron chi connectivity index (χ0n) is 10.3. The Kier molecular flexibility index (Phi) is 3.50. The summed E-state index contributed by atoms with van der Waals surface area (Å²) in [6.07, 6.45) is 1.36. The molecule has 1 aliphatic rings. The first kappa shape index (κ1) is 13.2. The predicted molar refractivity (Wildman–Crippen MR) is 64.3 cm³/mol. The van der Waals surface area contributed by atoms with Crippen molar-refractivity contribution in [3.05, 3.63) is 23.9 Å². The van der Waals surface area contributed by atoms with Crippen LogP contribution in [-0.2, 0) is 6.18 Å². The van der Waals surface area contributed by atoms with Gasteiger partial charge in [0.25, 0.3) is 0 Å². The largest absolute Gasteiger partial charge is 0.419 e. The SMILES string of the molecule is CCCC1(CNc2ncccc2C(F)(F)F)CC1. The topological polar surface area (TPSA) is 24.9 Å². The van der Waals surface area contributed by atoms with E-state index in [0.29, 0.717) is 6.54 Å². The minimum Gasteiger partial charge on any atom is -0.369 e. The Hall–Kier alpha value is -1.26. The van der Waals surface area contributed by atoms with Gasteiger partial charge in [0.15, 0.2) is 0 Å². The first-order valence-corrected chi connectivity index (χ1v) is 6.23. The number of halogens is 3. The Morgan fingerprint density at radius 2 is 2.11 bits per heavy atom. The van der Waals surface area contributed by atoms with Gasteiger partial charge in [0.2, 0.25) is 0 Å². The number of nitrogens with one attached hydrogen (secondary N) is 1. The third-order valence-electron chi connectivity index (χ3n) is 3.48. The van der Waals surface area contributed by atoms with Crippen molar-refractivity contribution in [1.82, 2.24) is 4.98 Å². The van der Waals surface area contributed by atoms with Crippen molar-refractivity contribution in [3.8, 4) is 0 Å². The average Bonchev–Trinajstić information content (AvgIpc) is 3.07. The summed E-state index contributed by atoms with van der Waals surface area (Å²) in [6, 6.07) is 2.38. The minimum absolute atomic E-state index is 0.0487. The molecule has 0 saturated heterocycles. The molecule has 1 fully saturated rings. The van der Waals surface area contributed by atoms with E-state index in [9.17, 15) is 13.2 Å². The molecule has 0 aromatic carbocycles. The summed E-state index contributed by atoms with van der Waals surface area (Å²) in [7, 11) is 0. The van der Waals surface area contributed by atoms with Gasteiger partial charge in [0, 0.05) is 12.7 Å². The molecule has 1 heterocycles. The molecule has 0 aliphatic heterocycles. The van der Waals surface area contributed by atoms with Crippen LogP contribution in [0.2, 0.25) is 0 Å². The molecule has 1 aromatic rings. The second-order valence-electron chi connectivity index (χ2n) is 5.00. The van der Waals surface area contributed by atoms with Gasteiger partial charge < -0.3 is 5.32 Å². The fourth-order valence-electron chi connectivity index (χ4n) is 2.27. The second-order valence-corrected chi connectivity index (χ2v) is 5.00. The molecule has 0 unspecified atom stereocenters. The van der Waals surface area contributed by atoms with Gasteiger partial charge in [0.1, 0.15) is 5.82 Å². The molecule has 2 rings (SSSR count). The molecular weight excluding hydrogens is 241 g/mol. The van der Waals surface area contributed by atoms with E-state index >= 15 is 0 Å². The van der Waals surface area contributed by atoms with Gasteiger partial charge in [-0.2, -0.15) is 13.2 Å². The average molecular weight is 258 g/mol. The van der Waals surface area contributed by atoms with Crippen molar-refractivity contribution in [1.29, 1.82) is 0 Å². The van der Waals surface area contributed by atoms with Gasteiger partial charge in [-0.25, -0.2) is 4.98 Å². The van der Waals surface area contributed by atoms with Gasteiger partial charge in [-0.3, -0.25) is 0 Å². The molecule has 5 heteroatoms. The van der Waals surface area contributed by atoms with E-state index < -0.39 is 11.7 Å². The number of hydrogen-bond donors (Lipinski definition) is 1. The molecular formula is C13H17F3N2. The van der Waals surface area contributed by atoms with Crippen LogP contribution in [0.25, 0.3) is 0 Å². The Labute approximate surface area is 105 Å². The quantitative estimate of drug-likeness (QED) is 0.860.